The van der Waals surface area contributed by atoms with Gasteiger partial charge >= 0.3 is 5.97 Å². The van der Waals surface area contributed by atoms with Gasteiger partial charge in [0.15, 0.2) is 18.2 Å². The Kier molecular flexibility index (Phi) is 7.59. The summed E-state index contributed by atoms with van der Waals surface area (Å²) in [5.41, 5.74) is -1.77. The van der Waals surface area contributed by atoms with Crippen LogP contribution in [0.15, 0.2) is 0 Å². The first-order valence-electron chi connectivity index (χ1n) is 18.1. The second-order valence-corrected chi connectivity index (χ2v) is 18.0. The molecule has 0 aromatic heterocycles. The van der Waals surface area contributed by atoms with Crippen LogP contribution in [0.1, 0.15) is 113 Å². The zero-order chi connectivity index (χ0) is 33.4. The van der Waals surface area contributed by atoms with Gasteiger partial charge in [-0.1, -0.05) is 34.6 Å². The van der Waals surface area contributed by atoms with E-state index in [1.54, 1.807) is 13.8 Å². The average Bonchev–Trinajstić information content (AvgIpc) is 3.45. The van der Waals surface area contributed by atoms with Gasteiger partial charge in [-0.25, -0.2) is 0 Å². The molecule has 2 aliphatic heterocycles. The van der Waals surface area contributed by atoms with Crippen molar-refractivity contribution in [3.05, 3.63) is 0 Å². The van der Waals surface area contributed by atoms with Gasteiger partial charge in [0.05, 0.1) is 30.5 Å². The molecule has 9 nitrogen and oxygen atoms in total. The number of aliphatic hydroxyl groups is 3. The highest BCUT2D eigenvalue weighted by Crippen LogP contribution is 2.91. The number of aliphatic hydroxyl groups excluding tert-OH is 2. The maximum absolute atomic E-state index is 14.9. The van der Waals surface area contributed by atoms with Crippen LogP contribution in [0.25, 0.3) is 0 Å². The van der Waals surface area contributed by atoms with E-state index in [1.165, 1.54) is 6.92 Å². The number of hydrogen-bond acceptors (Lipinski definition) is 9. The summed E-state index contributed by atoms with van der Waals surface area (Å²) in [6, 6.07) is 0. The standard InChI is InChI=1S/C37H58O9/c1-19-36-14-13-27(46-28-17-22(39)23(40)18-43-28)32(3,4)25(36)11-12-26-35(8)30(41)29-21(34(35,7)15-16-37(19,26)36)9-10-24(45-29)31(33(5,6)42)44-20(2)38/h19,21-29,31,39-40,42H,9-18H2,1-8H3/t19-,21?,22?,23?,24?,25+,26?,27?,28?,29?,31?,34?,35-,36?,37?/m1/s1. The molecule has 260 valence electrons. The van der Waals surface area contributed by atoms with Crippen molar-refractivity contribution in [1.29, 1.82) is 0 Å². The second kappa shape index (κ2) is 10.5. The predicted molar refractivity (Wildman–Crippen MR) is 168 cm³/mol. The van der Waals surface area contributed by atoms with Crippen LogP contribution in [0, 0.1) is 50.7 Å². The molecule has 5 aliphatic carbocycles. The summed E-state index contributed by atoms with van der Waals surface area (Å²) in [6.07, 6.45) is 3.88. The normalized spacial score (nSPS) is 53.2. The number of carbonyl (C=O) groups excluding carboxylic acids is 2. The Bertz CT molecular complexity index is 1260. The lowest BCUT2D eigenvalue weighted by molar-refractivity contribution is -0.265. The Labute approximate surface area is 274 Å². The third-order valence-corrected chi connectivity index (χ3v) is 15.8. The van der Waals surface area contributed by atoms with Crippen molar-refractivity contribution < 1.29 is 43.9 Å². The molecule has 12 unspecified atom stereocenters. The first kappa shape index (κ1) is 33.4. The molecule has 0 bridgehead atoms. The Morgan fingerprint density at radius 1 is 0.957 bits per heavy atom. The molecular formula is C37H58O9. The van der Waals surface area contributed by atoms with Gasteiger partial charge in [0.1, 0.15) is 12.2 Å². The van der Waals surface area contributed by atoms with Gasteiger partial charge in [0.25, 0.3) is 0 Å². The van der Waals surface area contributed by atoms with Gasteiger partial charge in [-0.05, 0) is 111 Å². The zero-order valence-corrected chi connectivity index (χ0v) is 29.2. The molecule has 7 aliphatic rings. The fourth-order valence-corrected chi connectivity index (χ4v) is 13.6. The van der Waals surface area contributed by atoms with Crippen LogP contribution in [-0.2, 0) is 28.5 Å². The van der Waals surface area contributed by atoms with Gasteiger partial charge in [-0.15, -0.1) is 0 Å². The van der Waals surface area contributed by atoms with Crippen molar-refractivity contribution in [2.75, 3.05) is 6.61 Å². The number of ketones is 1. The summed E-state index contributed by atoms with van der Waals surface area (Å²) in [4.78, 5) is 26.9. The summed E-state index contributed by atoms with van der Waals surface area (Å²) in [5, 5.41) is 31.1. The van der Waals surface area contributed by atoms with Crippen molar-refractivity contribution in [2.45, 2.75) is 162 Å². The van der Waals surface area contributed by atoms with Crippen LogP contribution >= 0.6 is 0 Å². The first-order valence-corrected chi connectivity index (χ1v) is 18.1. The summed E-state index contributed by atoms with van der Waals surface area (Å²) in [5.74, 6) is 1.16. The largest absolute Gasteiger partial charge is 0.457 e. The maximum atomic E-state index is 14.9. The molecular weight excluding hydrogens is 588 g/mol. The minimum atomic E-state index is -1.29. The second-order valence-electron chi connectivity index (χ2n) is 18.0. The van der Waals surface area contributed by atoms with E-state index in [9.17, 15) is 24.9 Å². The number of fused-ring (bicyclic) bond motifs is 4. The van der Waals surface area contributed by atoms with E-state index in [-0.39, 0.29) is 58.4 Å². The Morgan fingerprint density at radius 3 is 2.28 bits per heavy atom. The molecule has 7 fully saturated rings. The molecule has 5 saturated carbocycles. The number of rotatable bonds is 5. The lowest BCUT2D eigenvalue weighted by Crippen LogP contribution is -2.59. The number of Topliss-reactive ketones (excluding diaryl/α,β-unsaturated/α-hetero) is 1. The summed E-state index contributed by atoms with van der Waals surface area (Å²) in [6.45, 7) is 16.5. The minimum Gasteiger partial charge on any atom is -0.457 e. The molecule has 15 atom stereocenters. The van der Waals surface area contributed by atoms with Gasteiger partial charge in [-0.2, -0.15) is 0 Å². The minimum absolute atomic E-state index is 0.00340. The number of esters is 1. The van der Waals surface area contributed by atoms with E-state index in [0.29, 0.717) is 18.3 Å². The smallest absolute Gasteiger partial charge is 0.303 e. The third kappa shape index (κ3) is 4.14. The third-order valence-electron chi connectivity index (χ3n) is 15.8. The van der Waals surface area contributed by atoms with E-state index < -0.39 is 53.8 Å². The molecule has 0 amide bonds. The van der Waals surface area contributed by atoms with Crippen LogP contribution in [0.3, 0.4) is 0 Å². The molecule has 0 radical (unpaired) electrons. The zero-order valence-electron chi connectivity index (χ0n) is 29.2. The van der Waals surface area contributed by atoms with Crippen LogP contribution in [0.2, 0.25) is 0 Å². The monoisotopic (exact) mass is 646 g/mol. The highest BCUT2D eigenvalue weighted by molar-refractivity contribution is 5.93. The first-order chi connectivity index (χ1) is 21.4. The van der Waals surface area contributed by atoms with Crippen LogP contribution < -0.4 is 0 Å². The molecule has 2 saturated heterocycles. The van der Waals surface area contributed by atoms with Crippen molar-refractivity contribution in [2.24, 2.45) is 50.7 Å². The predicted octanol–water partition coefficient (Wildman–Crippen LogP) is 4.56. The SMILES string of the molecule is CC(=O)OC(C1CCC2C(O1)C(=O)[C@@]1(C)C3CC[C@H]4C(C)(C)C(OC5CC(O)C(O)CO5)CCC45[C@@H](C)C35CCC21C)C(C)(C)O. The molecule has 0 aromatic carbocycles. The quantitative estimate of drug-likeness (QED) is 0.291. The van der Waals surface area contributed by atoms with Crippen molar-refractivity contribution in [1.82, 2.24) is 0 Å². The van der Waals surface area contributed by atoms with Crippen LogP contribution in [-0.4, -0.2) is 82.2 Å². The van der Waals surface area contributed by atoms with E-state index in [1.807, 2.05) is 0 Å². The molecule has 0 aromatic rings. The average molecular weight is 647 g/mol. The number of ether oxygens (including phenoxy) is 4. The molecule has 9 heteroatoms. The van der Waals surface area contributed by atoms with Gasteiger partial charge in [0, 0.05) is 18.8 Å². The van der Waals surface area contributed by atoms with E-state index >= 15 is 0 Å². The topological polar surface area (TPSA) is 132 Å². The van der Waals surface area contributed by atoms with Crippen molar-refractivity contribution in [3.8, 4) is 0 Å². The summed E-state index contributed by atoms with van der Waals surface area (Å²) >= 11 is 0. The number of hydrogen-bond donors (Lipinski definition) is 3. The summed E-state index contributed by atoms with van der Waals surface area (Å²) in [7, 11) is 0. The fraction of sp³-hybridized carbons (Fsp3) is 0.946. The molecule has 7 rings (SSSR count). The van der Waals surface area contributed by atoms with Gasteiger partial charge in [0.2, 0.25) is 0 Å². The Balaban J connectivity index is 1.15. The molecule has 46 heavy (non-hydrogen) atoms. The molecule has 2 spiro atoms. The highest BCUT2D eigenvalue weighted by Gasteiger charge is 2.88. The van der Waals surface area contributed by atoms with Gasteiger partial charge < -0.3 is 34.3 Å². The van der Waals surface area contributed by atoms with E-state index in [2.05, 4.69) is 34.6 Å². The Hall–Kier alpha value is -1.10. The lowest BCUT2D eigenvalue weighted by atomic mass is 9.42. The van der Waals surface area contributed by atoms with E-state index in [4.69, 9.17) is 18.9 Å². The highest BCUT2D eigenvalue weighted by atomic mass is 16.7. The van der Waals surface area contributed by atoms with Crippen LogP contribution in [0.4, 0.5) is 0 Å². The van der Waals surface area contributed by atoms with Crippen molar-refractivity contribution >= 4 is 11.8 Å². The van der Waals surface area contributed by atoms with E-state index in [0.717, 1.165) is 44.9 Å². The molecule has 2 heterocycles. The Morgan fingerprint density at radius 2 is 1.63 bits per heavy atom. The van der Waals surface area contributed by atoms with Crippen LogP contribution in [0.5, 0.6) is 0 Å². The van der Waals surface area contributed by atoms with Gasteiger partial charge in [-0.3, -0.25) is 9.59 Å². The maximum Gasteiger partial charge on any atom is 0.303 e. The lowest BCUT2D eigenvalue weighted by Gasteiger charge is -2.62. The number of carbonyl (C=O) groups is 2. The summed E-state index contributed by atoms with van der Waals surface area (Å²) < 4.78 is 24.7. The fourth-order valence-electron chi connectivity index (χ4n) is 13.6. The molecule has 3 N–H and O–H groups in total. The van der Waals surface area contributed by atoms with Crippen molar-refractivity contribution in [3.63, 3.8) is 0 Å².